The van der Waals surface area contributed by atoms with Gasteiger partial charge in [0.2, 0.25) is 0 Å². The topological polar surface area (TPSA) is 99.1 Å². The Labute approximate surface area is 184 Å². The van der Waals surface area contributed by atoms with Gasteiger partial charge in [0.25, 0.3) is 0 Å². The molecule has 0 fully saturated rings. The minimum Gasteiger partial charge on any atom is -0.444 e. The van der Waals surface area contributed by atoms with E-state index in [9.17, 15) is 4.79 Å². The molecule has 0 aliphatic carbocycles. The van der Waals surface area contributed by atoms with E-state index in [1.807, 2.05) is 71.0 Å². The second-order valence-electron chi connectivity index (χ2n) is 8.48. The van der Waals surface area contributed by atoms with Crippen LogP contribution in [-0.2, 0) is 4.74 Å². The van der Waals surface area contributed by atoms with E-state index in [1.54, 1.807) is 6.20 Å². The number of nitriles is 1. The third kappa shape index (κ3) is 9.10. The highest BCUT2D eigenvalue weighted by molar-refractivity contribution is 5.67. The van der Waals surface area contributed by atoms with Crippen LogP contribution in [0.25, 0.3) is 0 Å². The van der Waals surface area contributed by atoms with Crippen LogP contribution in [0.3, 0.4) is 0 Å². The number of hydrogen-bond donors (Lipinski definition) is 3. The molecule has 0 aliphatic heterocycles. The standard InChI is InChI=1S/C24H29N5O2/c1-23(2,3)31-22(30)27-15-14-26-21-13-10-19(16-28-21)7-6-18-8-11-20(12-9-18)29-24(4,5)17-25/h8-13,16,29H,14-15H2,1-5H3,(H,26,28)(H,27,30). The molecule has 1 aromatic carbocycles. The molecule has 7 nitrogen and oxygen atoms in total. The first kappa shape index (κ1) is 23.6. The second-order valence-corrected chi connectivity index (χ2v) is 8.48. The fraction of sp³-hybridized carbons (Fsp3) is 0.375. The average Bonchev–Trinajstić information content (AvgIpc) is 2.70. The van der Waals surface area contributed by atoms with Crippen molar-refractivity contribution in [2.24, 2.45) is 0 Å². The van der Waals surface area contributed by atoms with Gasteiger partial charge >= 0.3 is 6.09 Å². The van der Waals surface area contributed by atoms with Crippen LogP contribution in [0, 0.1) is 23.2 Å². The van der Waals surface area contributed by atoms with Crippen LogP contribution in [0.4, 0.5) is 16.3 Å². The number of nitrogens with one attached hydrogen (secondary N) is 3. The van der Waals surface area contributed by atoms with Crippen molar-refractivity contribution in [3.63, 3.8) is 0 Å². The predicted octanol–water partition coefficient (Wildman–Crippen LogP) is 4.13. The lowest BCUT2D eigenvalue weighted by Crippen LogP contribution is -2.35. The molecule has 162 valence electrons. The molecule has 1 heterocycles. The first-order valence-corrected chi connectivity index (χ1v) is 10.0. The monoisotopic (exact) mass is 419 g/mol. The Morgan fingerprint density at radius 3 is 2.23 bits per heavy atom. The highest BCUT2D eigenvalue weighted by Crippen LogP contribution is 2.15. The molecule has 7 heteroatoms. The van der Waals surface area contributed by atoms with Crippen molar-refractivity contribution < 1.29 is 9.53 Å². The Morgan fingerprint density at radius 2 is 1.65 bits per heavy atom. The summed E-state index contributed by atoms with van der Waals surface area (Å²) in [6.07, 6.45) is 1.26. The van der Waals surface area contributed by atoms with Crippen molar-refractivity contribution in [3.05, 3.63) is 53.7 Å². The third-order valence-electron chi connectivity index (χ3n) is 3.84. The number of carbonyl (C=O) groups excluding carboxylic acids is 1. The van der Waals surface area contributed by atoms with Crippen molar-refractivity contribution in [2.75, 3.05) is 23.7 Å². The molecule has 0 saturated heterocycles. The molecule has 1 aromatic heterocycles. The lowest BCUT2D eigenvalue weighted by Gasteiger charge is -2.19. The third-order valence-corrected chi connectivity index (χ3v) is 3.84. The Balaban J connectivity index is 1.82. The molecule has 31 heavy (non-hydrogen) atoms. The van der Waals surface area contributed by atoms with Crippen LogP contribution >= 0.6 is 0 Å². The number of carbonyl (C=O) groups is 1. The van der Waals surface area contributed by atoms with Crippen molar-refractivity contribution >= 4 is 17.6 Å². The summed E-state index contributed by atoms with van der Waals surface area (Å²) in [7, 11) is 0. The van der Waals surface area contributed by atoms with Gasteiger partial charge in [-0.05, 0) is 71.0 Å². The summed E-state index contributed by atoms with van der Waals surface area (Å²) < 4.78 is 5.18. The van der Waals surface area contributed by atoms with Crippen molar-refractivity contribution in [3.8, 4) is 17.9 Å². The van der Waals surface area contributed by atoms with Gasteiger partial charge in [-0.1, -0.05) is 11.8 Å². The number of hydrogen-bond acceptors (Lipinski definition) is 6. The number of benzene rings is 1. The molecular weight excluding hydrogens is 390 g/mol. The molecule has 0 aliphatic rings. The number of ether oxygens (including phenoxy) is 1. The maximum absolute atomic E-state index is 11.6. The van der Waals surface area contributed by atoms with E-state index in [2.05, 4.69) is 38.8 Å². The van der Waals surface area contributed by atoms with Gasteiger partial charge in [-0.2, -0.15) is 5.26 Å². The summed E-state index contributed by atoms with van der Waals surface area (Å²) >= 11 is 0. The summed E-state index contributed by atoms with van der Waals surface area (Å²) in [4.78, 5) is 15.9. The Bertz CT molecular complexity index is 972. The maximum atomic E-state index is 11.6. The van der Waals surface area contributed by atoms with Crippen LogP contribution in [0.2, 0.25) is 0 Å². The first-order chi connectivity index (χ1) is 14.6. The predicted molar refractivity (Wildman–Crippen MR) is 123 cm³/mol. The van der Waals surface area contributed by atoms with Crippen molar-refractivity contribution in [1.29, 1.82) is 5.26 Å². The van der Waals surface area contributed by atoms with Gasteiger partial charge in [0.1, 0.15) is 17.0 Å². The number of amides is 1. The summed E-state index contributed by atoms with van der Waals surface area (Å²) in [5, 5.41) is 18.1. The van der Waals surface area contributed by atoms with Crippen LogP contribution in [0.5, 0.6) is 0 Å². The van der Waals surface area contributed by atoms with E-state index in [4.69, 9.17) is 10.00 Å². The quantitative estimate of drug-likeness (QED) is 0.481. The first-order valence-electron chi connectivity index (χ1n) is 10.0. The lowest BCUT2D eigenvalue weighted by molar-refractivity contribution is 0.0530. The number of pyridine rings is 1. The van der Waals surface area contributed by atoms with Crippen molar-refractivity contribution in [1.82, 2.24) is 10.3 Å². The molecule has 0 spiro atoms. The number of rotatable bonds is 6. The van der Waals surface area contributed by atoms with Gasteiger partial charge in [-0.25, -0.2) is 9.78 Å². The van der Waals surface area contributed by atoms with E-state index in [1.165, 1.54) is 0 Å². The van der Waals surface area contributed by atoms with E-state index in [0.29, 0.717) is 18.9 Å². The van der Waals surface area contributed by atoms with Gasteiger partial charge < -0.3 is 20.7 Å². The molecule has 1 amide bonds. The summed E-state index contributed by atoms with van der Waals surface area (Å²) in [6.45, 7) is 10.1. The SMILES string of the molecule is CC(C)(C#N)Nc1ccc(C#Cc2ccc(NCCNC(=O)OC(C)(C)C)nc2)cc1. The highest BCUT2D eigenvalue weighted by Gasteiger charge is 2.16. The summed E-state index contributed by atoms with van der Waals surface area (Å²) in [5.41, 5.74) is 1.40. The van der Waals surface area contributed by atoms with Crippen LogP contribution < -0.4 is 16.0 Å². The average molecular weight is 420 g/mol. The lowest BCUT2D eigenvalue weighted by atomic mass is 10.1. The Kier molecular flexibility index (Phi) is 7.88. The molecule has 2 rings (SSSR count). The smallest absolute Gasteiger partial charge is 0.407 e. The van der Waals surface area contributed by atoms with Gasteiger partial charge in [0, 0.05) is 36.1 Å². The number of anilines is 2. The summed E-state index contributed by atoms with van der Waals surface area (Å²) in [5.74, 6) is 6.89. The van der Waals surface area contributed by atoms with E-state index in [-0.39, 0.29) is 0 Å². The van der Waals surface area contributed by atoms with Crippen molar-refractivity contribution in [2.45, 2.75) is 45.8 Å². The minimum absolute atomic E-state index is 0.425. The van der Waals surface area contributed by atoms with Gasteiger partial charge in [0.15, 0.2) is 0 Å². The fourth-order valence-electron chi connectivity index (χ4n) is 2.41. The molecule has 0 bridgehead atoms. The number of aromatic nitrogens is 1. The molecule has 3 N–H and O–H groups in total. The normalized spacial score (nSPS) is 10.8. The number of nitrogens with zero attached hydrogens (tertiary/aromatic N) is 2. The van der Waals surface area contributed by atoms with Gasteiger partial charge in [-0.3, -0.25) is 0 Å². The van der Waals surface area contributed by atoms with Crippen LogP contribution in [0.1, 0.15) is 45.7 Å². The largest absolute Gasteiger partial charge is 0.444 e. The van der Waals surface area contributed by atoms with E-state index < -0.39 is 17.2 Å². The van der Waals surface area contributed by atoms with E-state index >= 15 is 0 Å². The zero-order valence-corrected chi connectivity index (χ0v) is 18.7. The highest BCUT2D eigenvalue weighted by atomic mass is 16.6. The molecule has 0 radical (unpaired) electrons. The van der Waals surface area contributed by atoms with Gasteiger partial charge in [-0.15, -0.1) is 0 Å². The summed E-state index contributed by atoms with van der Waals surface area (Å²) in [6, 6.07) is 13.6. The molecule has 0 saturated carbocycles. The molecule has 0 atom stereocenters. The van der Waals surface area contributed by atoms with Crippen LogP contribution in [-0.4, -0.2) is 35.3 Å². The van der Waals surface area contributed by atoms with Gasteiger partial charge in [0.05, 0.1) is 6.07 Å². The van der Waals surface area contributed by atoms with E-state index in [0.717, 1.165) is 16.8 Å². The molecule has 2 aromatic rings. The fourth-order valence-corrected chi connectivity index (χ4v) is 2.41. The molecular formula is C24H29N5O2. The maximum Gasteiger partial charge on any atom is 0.407 e. The Hall–Kier alpha value is -3.71. The molecule has 0 unspecified atom stereocenters. The second kappa shape index (κ2) is 10.4. The zero-order valence-electron chi connectivity index (χ0n) is 18.7. The Morgan fingerprint density at radius 1 is 1.00 bits per heavy atom. The zero-order chi connectivity index (χ0) is 22.9. The number of alkyl carbamates (subject to hydrolysis) is 1. The van der Waals surface area contributed by atoms with Crippen LogP contribution in [0.15, 0.2) is 42.6 Å². The minimum atomic E-state index is -0.625.